The summed E-state index contributed by atoms with van der Waals surface area (Å²) >= 11 is 0. The zero-order valence-corrected chi connectivity index (χ0v) is 12.3. The predicted octanol–water partition coefficient (Wildman–Crippen LogP) is 0.679. The molecule has 1 aromatic carbocycles. The molecule has 21 heavy (non-hydrogen) atoms. The number of aliphatic hydroxyl groups excluding tert-OH is 1. The molecule has 1 amide bonds. The van der Waals surface area contributed by atoms with Gasteiger partial charge in [0, 0.05) is 37.4 Å². The van der Waals surface area contributed by atoms with Crippen LogP contribution in [0.25, 0.3) is 0 Å². The molecule has 0 aliphatic carbocycles. The molecule has 0 spiro atoms. The zero-order valence-electron chi connectivity index (χ0n) is 12.3. The summed E-state index contributed by atoms with van der Waals surface area (Å²) in [5.41, 5.74) is 7.02. The quantitative estimate of drug-likeness (QED) is 0.695. The normalized spacial score (nSPS) is 23.0. The minimum atomic E-state index is -0.158. The summed E-state index contributed by atoms with van der Waals surface area (Å²) in [4.78, 5) is 14.1. The monoisotopic (exact) mass is 293 g/mol. The van der Waals surface area contributed by atoms with Crippen LogP contribution < -0.4 is 11.1 Å². The minimum absolute atomic E-state index is 0.0124. The molecule has 0 aromatic heterocycles. The first-order chi connectivity index (χ1) is 10.1. The second-order valence-electron chi connectivity index (χ2n) is 5.43. The summed E-state index contributed by atoms with van der Waals surface area (Å²) in [5, 5.41) is 12.0. The fourth-order valence-corrected chi connectivity index (χ4v) is 2.47. The van der Waals surface area contributed by atoms with Crippen molar-refractivity contribution in [1.82, 2.24) is 4.90 Å². The number of benzene rings is 1. The summed E-state index contributed by atoms with van der Waals surface area (Å²) in [6.07, 6.45) is 0.333. The molecule has 0 bridgehead atoms. The van der Waals surface area contributed by atoms with Gasteiger partial charge in [-0.2, -0.15) is 0 Å². The Morgan fingerprint density at radius 2 is 2.14 bits per heavy atom. The maximum absolute atomic E-state index is 11.9. The van der Waals surface area contributed by atoms with E-state index in [1.54, 1.807) is 24.3 Å². The van der Waals surface area contributed by atoms with Crippen molar-refractivity contribution < 1.29 is 14.6 Å². The molecule has 1 heterocycles. The number of hydrogen-bond donors (Lipinski definition) is 3. The van der Waals surface area contributed by atoms with E-state index in [0.717, 1.165) is 12.2 Å². The Morgan fingerprint density at radius 3 is 2.81 bits per heavy atom. The molecule has 1 aliphatic rings. The average molecular weight is 293 g/mol. The maximum Gasteiger partial charge on any atom is 0.225 e. The van der Waals surface area contributed by atoms with Crippen molar-refractivity contribution in [3.05, 3.63) is 24.3 Å². The molecule has 4 N–H and O–H groups in total. The highest BCUT2D eigenvalue weighted by Crippen LogP contribution is 2.13. The van der Waals surface area contributed by atoms with Gasteiger partial charge < -0.3 is 20.9 Å². The zero-order chi connectivity index (χ0) is 15.2. The van der Waals surface area contributed by atoms with Crippen LogP contribution in [0, 0.1) is 0 Å². The van der Waals surface area contributed by atoms with Crippen LogP contribution in [0.15, 0.2) is 24.3 Å². The van der Waals surface area contributed by atoms with Crippen molar-refractivity contribution in [3.8, 4) is 0 Å². The number of ether oxygens (including phenoxy) is 1. The van der Waals surface area contributed by atoms with E-state index in [-0.39, 0.29) is 24.7 Å². The van der Waals surface area contributed by atoms with Crippen LogP contribution in [0.1, 0.15) is 13.3 Å². The van der Waals surface area contributed by atoms with Gasteiger partial charge in [0.05, 0.1) is 18.8 Å². The number of hydrogen-bond acceptors (Lipinski definition) is 5. The van der Waals surface area contributed by atoms with Crippen molar-refractivity contribution in [2.45, 2.75) is 25.6 Å². The van der Waals surface area contributed by atoms with Crippen LogP contribution in [0.3, 0.4) is 0 Å². The fourth-order valence-electron chi connectivity index (χ4n) is 2.47. The van der Waals surface area contributed by atoms with Crippen molar-refractivity contribution in [1.29, 1.82) is 0 Å². The van der Waals surface area contributed by atoms with Gasteiger partial charge in [0.25, 0.3) is 0 Å². The third-order valence-electron chi connectivity index (χ3n) is 3.46. The number of nitrogen functional groups attached to an aromatic ring is 1. The third kappa shape index (κ3) is 5.00. The van der Waals surface area contributed by atoms with Gasteiger partial charge in [-0.1, -0.05) is 0 Å². The third-order valence-corrected chi connectivity index (χ3v) is 3.46. The second kappa shape index (κ2) is 7.40. The summed E-state index contributed by atoms with van der Waals surface area (Å²) in [6, 6.07) is 7.08. The Labute approximate surface area is 124 Å². The number of aliphatic hydroxyl groups is 1. The molecular weight excluding hydrogens is 270 g/mol. The highest BCUT2D eigenvalue weighted by molar-refractivity contribution is 5.90. The number of amides is 1. The number of rotatable bonds is 5. The predicted molar refractivity (Wildman–Crippen MR) is 82.0 cm³/mol. The van der Waals surface area contributed by atoms with Gasteiger partial charge >= 0.3 is 0 Å². The molecule has 0 radical (unpaired) electrons. The molecule has 1 aromatic rings. The Bertz CT molecular complexity index is 464. The van der Waals surface area contributed by atoms with Gasteiger partial charge in [-0.3, -0.25) is 9.69 Å². The summed E-state index contributed by atoms with van der Waals surface area (Å²) in [5.74, 6) is -0.0283. The summed E-state index contributed by atoms with van der Waals surface area (Å²) in [7, 11) is 0. The van der Waals surface area contributed by atoms with E-state index in [9.17, 15) is 9.90 Å². The Hall–Kier alpha value is -1.63. The largest absolute Gasteiger partial charge is 0.399 e. The number of nitrogens with two attached hydrogens (primary N) is 1. The molecule has 2 unspecified atom stereocenters. The van der Waals surface area contributed by atoms with Gasteiger partial charge in [0.2, 0.25) is 5.91 Å². The number of carbonyl (C=O) groups is 1. The highest BCUT2D eigenvalue weighted by atomic mass is 16.5. The number of anilines is 2. The second-order valence-corrected chi connectivity index (χ2v) is 5.43. The first-order valence-electron chi connectivity index (χ1n) is 7.21. The summed E-state index contributed by atoms with van der Waals surface area (Å²) in [6.45, 7) is 4.09. The van der Waals surface area contributed by atoms with Crippen LogP contribution in [0.5, 0.6) is 0 Å². The van der Waals surface area contributed by atoms with Crippen LogP contribution in [-0.4, -0.2) is 54.4 Å². The molecular formula is C15H23N3O3. The van der Waals surface area contributed by atoms with Crippen molar-refractivity contribution >= 4 is 17.3 Å². The van der Waals surface area contributed by atoms with Crippen molar-refractivity contribution in [2.24, 2.45) is 0 Å². The lowest BCUT2D eigenvalue weighted by atomic mass is 10.2. The molecule has 116 valence electrons. The average Bonchev–Trinajstić information content (AvgIpc) is 2.47. The molecule has 1 saturated heterocycles. The van der Waals surface area contributed by atoms with Crippen LogP contribution in [0.2, 0.25) is 0 Å². The smallest absolute Gasteiger partial charge is 0.225 e. The van der Waals surface area contributed by atoms with Crippen LogP contribution in [0.4, 0.5) is 11.4 Å². The number of carbonyl (C=O) groups excluding carboxylic acids is 1. The lowest BCUT2D eigenvalue weighted by Gasteiger charge is -2.35. The van der Waals surface area contributed by atoms with E-state index >= 15 is 0 Å². The van der Waals surface area contributed by atoms with Crippen molar-refractivity contribution in [2.75, 3.05) is 37.3 Å². The van der Waals surface area contributed by atoms with Gasteiger partial charge in [-0.25, -0.2) is 0 Å². The van der Waals surface area contributed by atoms with Crippen LogP contribution >= 0.6 is 0 Å². The molecule has 2 rings (SSSR count). The van der Waals surface area contributed by atoms with E-state index in [4.69, 9.17) is 10.5 Å². The van der Waals surface area contributed by atoms with E-state index in [0.29, 0.717) is 25.2 Å². The van der Waals surface area contributed by atoms with Gasteiger partial charge in [0.1, 0.15) is 0 Å². The number of nitrogens with one attached hydrogen (secondary N) is 1. The van der Waals surface area contributed by atoms with E-state index in [2.05, 4.69) is 10.2 Å². The number of morpholine rings is 1. The number of nitrogens with zero attached hydrogens (tertiary/aromatic N) is 1. The molecule has 1 aliphatic heterocycles. The van der Waals surface area contributed by atoms with E-state index < -0.39 is 0 Å². The summed E-state index contributed by atoms with van der Waals surface area (Å²) < 4.78 is 5.58. The fraction of sp³-hybridized carbons (Fsp3) is 0.533. The van der Waals surface area contributed by atoms with Gasteiger partial charge in [-0.15, -0.1) is 0 Å². The Kier molecular flexibility index (Phi) is 5.55. The standard InChI is InChI=1S/C15H23N3O3/c1-11-8-18(9-14(10-19)21-11)7-6-15(20)17-13-4-2-12(16)3-5-13/h2-5,11,14,19H,6-10,16H2,1H3,(H,17,20). The maximum atomic E-state index is 11.9. The SMILES string of the molecule is CC1CN(CCC(=O)Nc2ccc(N)cc2)CC(CO)O1. The molecule has 0 saturated carbocycles. The lowest BCUT2D eigenvalue weighted by molar-refractivity contribution is -0.118. The molecule has 6 nitrogen and oxygen atoms in total. The first kappa shape index (κ1) is 15.8. The lowest BCUT2D eigenvalue weighted by Crippen LogP contribution is -2.48. The molecule has 1 fully saturated rings. The van der Waals surface area contributed by atoms with Gasteiger partial charge in [-0.05, 0) is 31.2 Å². The molecule has 6 heteroatoms. The van der Waals surface area contributed by atoms with E-state index in [1.165, 1.54) is 0 Å². The Morgan fingerprint density at radius 1 is 1.43 bits per heavy atom. The van der Waals surface area contributed by atoms with E-state index in [1.807, 2.05) is 6.92 Å². The topological polar surface area (TPSA) is 87.8 Å². The minimum Gasteiger partial charge on any atom is -0.399 e. The van der Waals surface area contributed by atoms with Crippen LogP contribution in [-0.2, 0) is 9.53 Å². The molecule has 2 atom stereocenters. The Balaban J connectivity index is 1.77. The first-order valence-corrected chi connectivity index (χ1v) is 7.21. The van der Waals surface area contributed by atoms with Crippen molar-refractivity contribution in [3.63, 3.8) is 0 Å². The van der Waals surface area contributed by atoms with Gasteiger partial charge in [0.15, 0.2) is 0 Å². The highest BCUT2D eigenvalue weighted by Gasteiger charge is 2.24.